The number of nitrogens with zero attached hydrogens (tertiary/aromatic N) is 4. The van der Waals surface area contributed by atoms with E-state index in [2.05, 4.69) is 14.9 Å². The second-order valence-electron chi connectivity index (χ2n) is 7.03. The van der Waals surface area contributed by atoms with E-state index < -0.39 is 0 Å². The van der Waals surface area contributed by atoms with Gasteiger partial charge in [-0.1, -0.05) is 17.7 Å². The highest BCUT2D eigenvalue weighted by atomic mass is 35.5. The maximum atomic E-state index is 13.3. The van der Waals surface area contributed by atoms with Gasteiger partial charge in [0.05, 0.1) is 12.1 Å². The summed E-state index contributed by atoms with van der Waals surface area (Å²) in [6.45, 7) is 5.13. The molecule has 2 aliphatic heterocycles. The van der Waals surface area contributed by atoms with Crippen molar-refractivity contribution >= 4 is 23.5 Å². The van der Waals surface area contributed by atoms with Crippen LogP contribution in [0.15, 0.2) is 24.3 Å². The number of hydrogen-bond donors (Lipinski definition) is 0. The Bertz CT molecular complexity index is 854. The number of likely N-dealkylation sites (tertiary alicyclic amines) is 1. The molecule has 0 spiro atoms. The quantitative estimate of drug-likeness (QED) is 0.827. The third-order valence-electron chi connectivity index (χ3n) is 5.20. The number of rotatable bonds is 3. The van der Waals surface area contributed by atoms with Crippen LogP contribution in [0.4, 0.5) is 10.3 Å². The van der Waals surface area contributed by atoms with Gasteiger partial charge < -0.3 is 9.80 Å². The van der Waals surface area contributed by atoms with Gasteiger partial charge in [0.25, 0.3) is 0 Å². The van der Waals surface area contributed by atoms with E-state index in [1.165, 1.54) is 12.1 Å². The Morgan fingerprint density at radius 3 is 2.62 bits per heavy atom. The highest BCUT2D eigenvalue weighted by molar-refractivity contribution is 6.31. The van der Waals surface area contributed by atoms with Gasteiger partial charge in [-0.2, -0.15) is 0 Å². The van der Waals surface area contributed by atoms with Crippen LogP contribution in [0, 0.1) is 19.7 Å². The molecule has 2 fully saturated rings. The minimum Gasteiger partial charge on any atom is -0.335 e. The summed E-state index contributed by atoms with van der Waals surface area (Å²) in [5, 5.41) is 0.355. The largest absolute Gasteiger partial charge is 0.335 e. The molecule has 26 heavy (non-hydrogen) atoms. The van der Waals surface area contributed by atoms with Crippen LogP contribution in [-0.4, -0.2) is 39.4 Å². The molecule has 0 unspecified atom stereocenters. The minimum absolute atomic E-state index is 0.0722. The van der Waals surface area contributed by atoms with Gasteiger partial charge in [-0.15, -0.1) is 0 Å². The van der Waals surface area contributed by atoms with Crippen LogP contribution < -0.4 is 4.90 Å². The Morgan fingerprint density at radius 1 is 1.19 bits per heavy atom. The van der Waals surface area contributed by atoms with Gasteiger partial charge in [0.2, 0.25) is 11.9 Å². The van der Waals surface area contributed by atoms with Gasteiger partial charge in [0.15, 0.2) is 0 Å². The van der Waals surface area contributed by atoms with E-state index >= 15 is 0 Å². The Kier molecular flexibility index (Phi) is 4.31. The molecule has 0 aliphatic carbocycles. The molecule has 7 heteroatoms. The van der Waals surface area contributed by atoms with E-state index in [1.807, 2.05) is 24.8 Å². The lowest BCUT2D eigenvalue weighted by Gasteiger charge is -2.26. The van der Waals surface area contributed by atoms with E-state index in [-0.39, 0.29) is 23.8 Å². The number of hydrogen-bond acceptors (Lipinski definition) is 4. The number of amides is 1. The molecule has 0 bridgehead atoms. The zero-order valence-corrected chi connectivity index (χ0v) is 15.5. The summed E-state index contributed by atoms with van der Waals surface area (Å²) in [6.07, 6.45) is 1.31. The number of fused-ring (bicyclic) bond motifs is 1. The second kappa shape index (κ2) is 6.50. The Labute approximate surface area is 156 Å². The topological polar surface area (TPSA) is 49.3 Å². The van der Waals surface area contributed by atoms with Crippen LogP contribution in [0.5, 0.6) is 0 Å². The Balaban J connectivity index is 1.57. The molecule has 2 saturated heterocycles. The van der Waals surface area contributed by atoms with Gasteiger partial charge in [-0.3, -0.25) is 4.79 Å². The molecule has 0 radical (unpaired) electrons. The first-order valence-electron chi connectivity index (χ1n) is 8.74. The summed E-state index contributed by atoms with van der Waals surface area (Å²) in [7, 11) is 0. The maximum Gasteiger partial charge on any atom is 0.226 e. The lowest BCUT2D eigenvalue weighted by molar-refractivity contribution is -0.129. The number of benzene rings is 1. The molecular weight excluding hydrogens is 355 g/mol. The van der Waals surface area contributed by atoms with Gasteiger partial charge in [-0.25, -0.2) is 14.4 Å². The first-order valence-corrected chi connectivity index (χ1v) is 9.12. The fourth-order valence-corrected chi connectivity index (χ4v) is 4.28. The molecule has 2 aromatic rings. The SMILES string of the molecule is Cc1cc(C)nc(N2CC[C@H]3[C@@H]2CC(=O)N3Cc2ccc(F)cc2Cl)n1. The van der Waals surface area contributed by atoms with Crippen LogP contribution in [0.1, 0.15) is 29.8 Å². The van der Waals surface area contributed by atoms with E-state index in [1.54, 1.807) is 6.07 Å². The lowest BCUT2D eigenvalue weighted by Crippen LogP contribution is -2.37. The number of carbonyl (C=O) groups is 1. The average Bonchev–Trinajstić information content (AvgIpc) is 3.08. The smallest absolute Gasteiger partial charge is 0.226 e. The van der Waals surface area contributed by atoms with Gasteiger partial charge in [-0.05, 0) is 44.0 Å². The van der Waals surface area contributed by atoms with Crippen molar-refractivity contribution in [2.24, 2.45) is 0 Å². The van der Waals surface area contributed by atoms with Crippen molar-refractivity contribution in [3.63, 3.8) is 0 Å². The standard InChI is InChI=1S/C19H20ClFN4O/c1-11-7-12(2)23-19(22-11)24-6-5-16-17(24)9-18(26)25(16)10-13-3-4-14(21)8-15(13)20/h3-4,7-8,16-17H,5-6,9-10H2,1-2H3/t16-,17-/m0/s1. The van der Waals surface area contributed by atoms with Crippen LogP contribution >= 0.6 is 11.6 Å². The summed E-state index contributed by atoms with van der Waals surface area (Å²) in [5.41, 5.74) is 2.62. The van der Waals surface area contributed by atoms with Crippen LogP contribution in [-0.2, 0) is 11.3 Å². The summed E-state index contributed by atoms with van der Waals surface area (Å²) in [4.78, 5) is 25.8. The molecule has 1 amide bonds. The Hall–Kier alpha value is -2.21. The zero-order chi connectivity index (χ0) is 18.4. The summed E-state index contributed by atoms with van der Waals surface area (Å²) in [5.74, 6) is 0.419. The summed E-state index contributed by atoms with van der Waals surface area (Å²) in [6, 6.07) is 6.44. The van der Waals surface area contributed by atoms with E-state index in [0.29, 0.717) is 23.9 Å². The van der Waals surface area contributed by atoms with Crippen LogP contribution in [0.3, 0.4) is 0 Å². The van der Waals surface area contributed by atoms with Crippen LogP contribution in [0.2, 0.25) is 5.02 Å². The monoisotopic (exact) mass is 374 g/mol. The molecule has 0 saturated carbocycles. The molecule has 1 aromatic carbocycles. The predicted octanol–water partition coefficient (Wildman–Crippen LogP) is 3.27. The maximum absolute atomic E-state index is 13.3. The Morgan fingerprint density at radius 2 is 1.92 bits per heavy atom. The highest BCUT2D eigenvalue weighted by Crippen LogP contribution is 2.36. The zero-order valence-electron chi connectivity index (χ0n) is 14.7. The first kappa shape index (κ1) is 17.2. The third kappa shape index (κ3) is 3.03. The van der Waals surface area contributed by atoms with Crippen LogP contribution in [0.25, 0.3) is 0 Å². The fraction of sp³-hybridized carbons (Fsp3) is 0.421. The number of aromatic nitrogens is 2. The lowest BCUT2D eigenvalue weighted by atomic mass is 10.1. The molecule has 2 atom stereocenters. The first-order chi connectivity index (χ1) is 12.4. The highest BCUT2D eigenvalue weighted by Gasteiger charge is 2.47. The van der Waals surface area contributed by atoms with E-state index in [9.17, 15) is 9.18 Å². The molecule has 4 rings (SSSR count). The van der Waals surface area contributed by atoms with Crippen molar-refractivity contribution in [2.75, 3.05) is 11.4 Å². The molecule has 136 valence electrons. The summed E-state index contributed by atoms with van der Waals surface area (Å²) < 4.78 is 13.3. The number of anilines is 1. The van der Waals surface area contributed by atoms with Crippen molar-refractivity contribution in [1.29, 1.82) is 0 Å². The van der Waals surface area contributed by atoms with Crippen molar-refractivity contribution in [3.05, 3.63) is 52.1 Å². The predicted molar refractivity (Wildman–Crippen MR) is 97.6 cm³/mol. The molecule has 1 aromatic heterocycles. The molecular formula is C19H20ClFN4O. The number of carbonyl (C=O) groups excluding carboxylic acids is 1. The molecule has 2 aliphatic rings. The van der Waals surface area contributed by atoms with Crippen molar-refractivity contribution < 1.29 is 9.18 Å². The molecule has 5 nitrogen and oxygen atoms in total. The number of aryl methyl sites for hydroxylation is 2. The fourth-order valence-electron chi connectivity index (χ4n) is 4.05. The van der Waals surface area contributed by atoms with E-state index in [4.69, 9.17) is 11.6 Å². The molecule has 0 N–H and O–H groups in total. The van der Waals surface area contributed by atoms with Crippen molar-refractivity contribution in [1.82, 2.24) is 14.9 Å². The van der Waals surface area contributed by atoms with Crippen molar-refractivity contribution in [2.45, 2.75) is 45.3 Å². The van der Waals surface area contributed by atoms with Gasteiger partial charge in [0.1, 0.15) is 5.82 Å². The minimum atomic E-state index is -0.372. The molecule has 3 heterocycles. The van der Waals surface area contributed by atoms with Gasteiger partial charge >= 0.3 is 0 Å². The van der Waals surface area contributed by atoms with E-state index in [0.717, 1.165) is 29.9 Å². The van der Waals surface area contributed by atoms with Crippen molar-refractivity contribution in [3.8, 4) is 0 Å². The second-order valence-corrected chi connectivity index (χ2v) is 7.44. The van der Waals surface area contributed by atoms with Gasteiger partial charge in [0, 0.05) is 35.9 Å². The average molecular weight is 375 g/mol. The normalized spacial score (nSPS) is 22.2. The third-order valence-corrected chi connectivity index (χ3v) is 5.55. The summed E-state index contributed by atoms with van der Waals surface area (Å²) >= 11 is 6.15. The number of halogens is 2.